The lowest BCUT2D eigenvalue weighted by molar-refractivity contribution is 0.0946. The van der Waals surface area contributed by atoms with Crippen molar-refractivity contribution in [2.24, 2.45) is 7.05 Å². The topological polar surface area (TPSA) is 95.8 Å². The second kappa shape index (κ2) is 5.87. The summed E-state index contributed by atoms with van der Waals surface area (Å²) in [4.78, 5) is 11.9. The molecule has 0 fully saturated rings. The molecule has 0 unspecified atom stereocenters. The number of aryl methyl sites for hydroxylation is 2. The van der Waals surface area contributed by atoms with Gasteiger partial charge in [-0.15, -0.1) is 0 Å². The second-order valence-electron chi connectivity index (χ2n) is 4.67. The van der Waals surface area contributed by atoms with Crippen LogP contribution in [0, 0.1) is 13.8 Å². The number of carbonyl (C=O) groups excluding carboxylic acids is 1. The molecule has 1 amide bonds. The molecule has 0 aliphatic rings. The smallest absolute Gasteiger partial charge is 0.269 e. The SMILES string of the molecule is Cc1nn(C)c(C)c1-c1cc(C(=O)NCCCO)[nH]n1. The molecule has 0 bridgehead atoms. The molecule has 2 aromatic heterocycles. The Labute approximate surface area is 117 Å². The first-order chi connectivity index (χ1) is 9.54. The first-order valence-electron chi connectivity index (χ1n) is 6.49. The van der Waals surface area contributed by atoms with Gasteiger partial charge in [0.15, 0.2) is 0 Å². The highest BCUT2D eigenvalue weighted by molar-refractivity contribution is 5.93. The fourth-order valence-electron chi connectivity index (χ4n) is 2.09. The Morgan fingerprint density at radius 2 is 2.25 bits per heavy atom. The Hall–Kier alpha value is -2.15. The summed E-state index contributed by atoms with van der Waals surface area (Å²) < 4.78 is 1.79. The minimum atomic E-state index is -0.226. The molecule has 0 saturated carbocycles. The van der Waals surface area contributed by atoms with E-state index in [0.717, 1.165) is 17.0 Å². The average molecular weight is 277 g/mol. The second-order valence-corrected chi connectivity index (χ2v) is 4.67. The van der Waals surface area contributed by atoms with E-state index in [4.69, 9.17) is 5.11 Å². The van der Waals surface area contributed by atoms with Gasteiger partial charge in [0.25, 0.3) is 5.91 Å². The van der Waals surface area contributed by atoms with Gasteiger partial charge in [-0.3, -0.25) is 14.6 Å². The van der Waals surface area contributed by atoms with E-state index in [-0.39, 0.29) is 12.5 Å². The quantitative estimate of drug-likeness (QED) is 0.695. The summed E-state index contributed by atoms with van der Waals surface area (Å²) in [5.74, 6) is -0.226. The van der Waals surface area contributed by atoms with E-state index in [1.165, 1.54) is 0 Å². The molecule has 2 heterocycles. The highest BCUT2D eigenvalue weighted by atomic mass is 16.3. The van der Waals surface area contributed by atoms with Gasteiger partial charge in [0.2, 0.25) is 0 Å². The van der Waals surface area contributed by atoms with Crippen LogP contribution in [0.25, 0.3) is 11.3 Å². The van der Waals surface area contributed by atoms with Crippen molar-refractivity contribution in [3.8, 4) is 11.3 Å². The molecule has 3 N–H and O–H groups in total. The van der Waals surface area contributed by atoms with Crippen molar-refractivity contribution in [2.45, 2.75) is 20.3 Å². The fraction of sp³-hybridized carbons (Fsp3) is 0.462. The third kappa shape index (κ3) is 2.72. The van der Waals surface area contributed by atoms with Gasteiger partial charge in [0.05, 0.1) is 11.4 Å². The van der Waals surface area contributed by atoms with Crippen LogP contribution in [0.1, 0.15) is 28.3 Å². The Morgan fingerprint density at radius 3 is 2.85 bits per heavy atom. The zero-order valence-electron chi connectivity index (χ0n) is 11.9. The molecule has 0 atom stereocenters. The van der Waals surface area contributed by atoms with Crippen LogP contribution in [-0.2, 0) is 7.05 Å². The van der Waals surface area contributed by atoms with Gasteiger partial charge < -0.3 is 10.4 Å². The minimum Gasteiger partial charge on any atom is -0.396 e. The third-order valence-electron chi connectivity index (χ3n) is 3.21. The van der Waals surface area contributed by atoms with Crippen LogP contribution in [0.5, 0.6) is 0 Å². The number of aliphatic hydroxyl groups is 1. The number of H-pyrrole nitrogens is 1. The molecule has 7 nitrogen and oxygen atoms in total. The molecular weight excluding hydrogens is 258 g/mol. The summed E-state index contributed by atoms with van der Waals surface area (Å²) in [6.07, 6.45) is 0.535. The summed E-state index contributed by atoms with van der Waals surface area (Å²) in [7, 11) is 1.88. The fourth-order valence-corrected chi connectivity index (χ4v) is 2.09. The van der Waals surface area contributed by atoms with E-state index in [9.17, 15) is 4.79 Å². The predicted molar refractivity (Wildman–Crippen MR) is 74.3 cm³/mol. The minimum absolute atomic E-state index is 0.0581. The van der Waals surface area contributed by atoms with E-state index < -0.39 is 0 Å². The van der Waals surface area contributed by atoms with Crippen molar-refractivity contribution in [2.75, 3.05) is 13.2 Å². The summed E-state index contributed by atoms with van der Waals surface area (Å²) in [6.45, 7) is 4.38. The molecule has 0 aliphatic heterocycles. The zero-order chi connectivity index (χ0) is 14.7. The normalized spacial score (nSPS) is 10.8. The Morgan fingerprint density at radius 1 is 1.50 bits per heavy atom. The maximum Gasteiger partial charge on any atom is 0.269 e. The first kappa shape index (κ1) is 14.3. The number of aromatic nitrogens is 4. The molecule has 2 rings (SSSR count). The maximum absolute atomic E-state index is 11.9. The Balaban J connectivity index is 2.18. The molecule has 2 aromatic rings. The predicted octanol–water partition coefficient (Wildman–Crippen LogP) is 0.539. The number of rotatable bonds is 5. The summed E-state index contributed by atoms with van der Waals surface area (Å²) >= 11 is 0. The van der Waals surface area contributed by atoms with Crippen molar-refractivity contribution in [1.29, 1.82) is 0 Å². The van der Waals surface area contributed by atoms with E-state index >= 15 is 0 Å². The van der Waals surface area contributed by atoms with Crippen molar-refractivity contribution < 1.29 is 9.90 Å². The van der Waals surface area contributed by atoms with Gasteiger partial charge in [-0.25, -0.2) is 0 Å². The molecule has 0 aromatic carbocycles. The van der Waals surface area contributed by atoms with Gasteiger partial charge in [-0.05, 0) is 26.3 Å². The van der Waals surface area contributed by atoms with Crippen LogP contribution < -0.4 is 5.32 Å². The van der Waals surface area contributed by atoms with Crippen molar-refractivity contribution >= 4 is 5.91 Å². The molecule has 0 aliphatic carbocycles. The van der Waals surface area contributed by atoms with Crippen LogP contribution >= 0.6 is 0 Å². The summed E-state index contributed by atoms with van der Waals surface area (Å²) in [5.41, 5.74) is 3.93. The van der Waals surface area contributed by atoms with Crippen LogP contribution in [0.15, 0.2) is 6.07 Å². The number of hydrogen-bond acceptors (Lipinski definition) is 4. The standard InChI is InChI=1S/C13H19N5O2/c1-8-12(9(2)18(3)17-8)10-7-11(16-15-10)13(20)14-5-4-6-19/h7,19H,4-6H2,1-3H3,(H,14,20)(H,15,16). The number of nitrogens with zero attached hydrogens (tertiary/aromatic N) is 3. The largest absolute Gasteiger partial charge is 0.396 e. The van der Waals surface area contributed by atoms with Crippen LogP contribution in [0.4, 0.5) is 0 Å². The highest BCUT2D eigenvalue weighted by Gasteiger charge is 2.16. The van der Waals surface area contributed by atoms with Crippen LogP contribution in [-0.4, -0.2) is 44.1 Å². The highest BCUT2D eigenvalue weighted by Crippen LogP contribution is 2.24. The Bertz CT molecular complexity index is 614. The van der Waals surface area contributed by atoms with E-state index in [1.807, 2.05) is 20.9 Å². The van der Waals surface area contributed by atoms with E-state index in [2.05, 4.69) is 20.6 Å². The molecule has 0 spiro atoms. The number of nitrogens with one attached hydrogen (secondary N) is 2. The van der Waals surface area contributed by atoms with E-state index in [0.29, 0.717) is 24.4 Å². The monoisotopic (exact) mass is 277 g/mol. The molecule has 7 heteroatoms. The van der Waals surface area contributed by atoms with E-state index in [1.54, 1.807) is 10.7 Å². The number of aromatic amines is 1. The lowest BCUT2D eigenvalue weighted by Gasteiger charge is -2.00. The van der Waals surface area contributed by atoms with Crippen molar-refractivity contribution in [3.63, 3.8) is 0 Å². The summed E-state index contributed by atoms with van der Waals surface area (Å²) in [6, 6.07) is 1.71. The summed E-state index contributed by atoms with van der Waals surface area (Å²) in [5, 5.41) is 22.6. The van der Waals surface area contributed by atoms with Gasteiger partial charge in [-0.1, -0.05) is 0 Å². The third-order valence-corrected chi connectivity index (χ3v) is 3.21. The first-order valence-corrected chi connectivity index (χ1v) is 6.49. The molecular formula is C13H19N5O2. The maximum atomic E-state index is 11.9. The van der Waals surface area contributed by atoms with Gasteiger partial charge >= 0.3 is 0 Å². The number of hydrogen-bond donors (Lipinski definition) is 3. The zero-order valence-corrected chi connectivity index (χ0v) is 11.9. The van der Waals surface area contributed by atoms with Gasteiger partial charge in [0.1, 0.15) is 5.69 Å². The average Bonchev–Trinajstić information content (AvgIpc) is 2.96. The lowest BCUT2D eigenvalue weighted by Crippen LogP contribution is -2.25. The van der Waals surface area contributed by atoms with Gasteiger partial charge in [-0.2, -0.15) is 10.2 Å². The number of carbonyl (C=O) groups is 1. The van der Waals surface area contributed by atoms with Crippen molar-refractivity contribution in [1.82, 2.24) is 25.3 Å². The molecule has 108 valence electrons. The molecule has 0 saturated heterocycles. The number of aliphatic hydroxyl groups excluding tert-OH is 1. The lowest BCUT2D eigenvalue weighted by atomic mass is 10.1. The van der Waals surface area contributed by atoms with Crippen LogP contribution in [0.3, 0.4) is 0 Å². The molecule has 20 heavy (non-hydrogen) atoms. The van der Waals surface area contributed by atoms with Crippen molar-refractivity contribution in [3.05, 3.63) is 23.1 Å². The van der Waals surface area contributed by atoms with Crippen LogP contribution in [0.2, 0.25) is 0 Å². The number of amides is 1. The van der Waals surface area contributed by atoms with Gasteiger partial charge in [0, 0.05) is 31.5 Å². The Kier molecular flexibility index (Phi) is 4.19. The molecule has 0 radical (unpaired) electrons.